The predicted molar refractivity (Wildman–Crippen MR) is 74.2 cm³/mol. The van der Waals surface area contributed by atoms with E-state index in [0.717, 1.165) is 5.57 Å². The monoisotopic (exact) mass is 292 g/mol. The minimum absolute atomic E-state index is 0.0265. The Morgan fingerprint density at radius 3 is 3.00 bits per heavy atom. The zero-order valence-corrected chi connectivity index (χ0v) is 12.5. The molecule has 4 aliphatic rings. The fraction of sp³-hybridized carbons (Fsp3) is 0.625. The number of carbonyl (C=O) groups excluding carboxylic acids is 2. The number of esters is 1. The quantitative estimate of drug-likeness (QED) is 0.446. The number of rotatable bonds is 4. The zero-order chi connectivity index (χ0) is 15.2. The number of methoxy groups -OCH3 is 1. The van der Waals surface area contributed by atoms with Crippen molar-refractivity contribution in [1.82, 2.24) is 0 Å². The Hall–Kier alpha value is -1.46. The largest absolute Gasteiger partial charge is 0.463 e. The van der Waals surface area contributed by atoms with Crippen molar-refractivity contribution >= 4 is 11.8 Å². The lowest BCUT2D eigenvalue weighted by Crippen LogP contribution is -2.58. The molecule has 0 aromatic carbocycles. The molecule has 5 atom stereocenters. The Bertz CT molecular complexity index is 535. The fourth-order valence-electron chi connectivity index (χ4n) is 4.06. The number of ketones is 1. The number of hydrogen-bond acceptors (Lipinski definition) is 5. The van der Waals surface area contributed by atoms with E-state index in [2.05, 4.69) is 0 Å². The van der Waals surface area contributed by atoms with Crippen LogP contribution in [0, 0.1) is 23.7 Å². The van der Waals surface area contributed by atoms with E-state index < -0.39 is 5.79 Å². The summed E-state index contributed by atoms with van der Waals surface area (Å²) >= 11 is 0. The van der Waals surface area contributed by atoms with E-state index in [1.54, 1.807) is 13.0 Å². The van der Waals surface area contributed by atoms with Crippen molar-refractivity contribution in [2.45, 2.75) is 19.6 Å². The highest BCUT2D eigenvalue weighted by Gasteiger charge is 2.67. The Morgan fingerprint density at radius 2 is 2.33 bits per heavy atom. The summed E-state index contributed by atoms with van der Waals surface area (Å²) in [5.41, 5.74) is 1.14. The van der Waals surface area contributed by atoms with Gasteiger partial charge in [-0.3, -0.25) is 4.79 Å². The molecule has 114 valence electrons. The van der Waals surface area contributed by atoms with Gasteiger partial charge in [0.05, 0.1) is 13.2 Å². The highest BCUT2D eigenvalue weighted by molar-refractivity contribution is 5.94. The van der Waals surface area contributed by atoms with Crippen molar-refractivity contribution in [3.63, 3.8) is 0 Å². The SMILES string of the molecule is CCOC(=O)/C=C/[C@@H]1[C@H]2CO[C@@]3(OC)C(=O)[C@@H]1C=C(C)[C@@H]23. The van der Waals surface area contributed by atoms with Crippen LogP contribution in [0.2, 0.25) is 0 Å². The molecule has 0 amide bonds. The van der Waals surface area contributed by atoms with Gasteiger partial charge in [-0.15, -0.1) is 0 Å². The second-order valence-corrected chi connectivity index (χ2v) is 5.81. The summed E-state index contributed by atoms with van der Waals surface area (Å²) in [4.78, 5) is 24.2. The summed E-state index contributed by atoms with van der Waals surface area (Å²) in [5, 5.41) is 0. The molecule has 21 heavy (non-hydrogen) atoms. The average molecular weight is 292 g/mol. The van der Waals surface area contributed by atoms with E-state index in [1.807, 2.05) is 13.0 Å². The molecular formula is C16H20O5. The lowest BCUT2D eigenvalue weighted by Gasteiger charge is -2.47. The highest BCUT2D eigenvalue weighted by Crippen LogP contribution is 2.57. The molecule has 0 radical (unpaired) electrons. The normalized spacial score (nSPS) is 40.7. The van der Waals surface area contributed by atoms with Crippen molar-refractivity contribution < 1.29 is 23.8 Å². The van der Waals surface area contributed by atoms with E-state index in [-0.39, 0.29) is 35.4 Å². The van der Waals surface area contributed by atoms with Crippen LogP contribution in [-0.4, -0.2) is 37.9 Å². The molecule has 5 heteroatoms. The van der Waals surface area contributed by atoms with Crippen LogP contribution in [0.1, 0.15) is 13.8 Å². The summed E-state index contributed by atoms with van der Waals surface area (Å²) < 4.78 is 16.1. The van der Waals surface area contributed by atoms with E-state index in [9.17, 15) is 9.59 Å². The second-order valence-electron chi connectivity index (χ2n) is 5.81. The molecule has 0 unspecified atom stereocenters. The lowest BCUT2D eigenvalue weighted by molar-refractivity contribution is -0.217. The number of hydrogen-bond donors (Lipinski definition) is 0. The van der Waals surface area contributed by atoms with E-state index in [1.165, 1.54) is 13.2 Å². The molecule has 0 aromatic heterocycles. The second kappa shape index (κ2) is 5.07. The number of allylic oxidation sites excluding steroid dienone is 2. The van der Waals surface area contributed by atoms with Gasteiger partial charge >= 0.3 is 5.97 Å². The molecule has 4 rings (SSSR count). The van der Waals surface area contributed by atoms with E-state index >= 15 is 0 Å². The van der Waals surface area contributed by atoms with Gasteiger partial charge < -0.3 is 14.2 Å². The Labute approximate surface area is 123 Å². The maximum absolute atomic E-state index is 12.7. The van der Waals surface area contributed by atoms with Gasteiger partial charge in [-0.1, -0.05) is 17.7 Å². The van der Waals surface area contributed by atoms with Crippen LogP contribution >= 0.6 is 0 Å². The Morgan fingerprint density at radius 1 is 1.57 bits per heavy atom. The van der Waals surface area contributed by atoms with Crippen LogP contribution in [0.3, 0.4) is 0 Å². The van der Waals surface area contributed by atoms with E-state index in [4.69, 9.17) is 14.2 Å². The maximum Gasteiger partial charge on any atom is 0.330 e. The van der Waals surface area contributed by atoms with Gasteiger partial charge in [0.2, 0.25) is 5.79 Å². The van der Waals surface area contributed by atoms with Crippen molar-refractivity contribution in [2.24, 2.45) is 23.7 Å². The minimum atomic E-state index is -1.11. The highest BCUT2D eigenvalue weighted by atomic mass is 16.7. The van der Waals surface area contributed by atoms with Crippen LogP contribution in [0.5, 0.6) is 0 Å². The average Bonchev–Trinajstić information content (AvgIpc) is 2.83. The summed E-state index contributed by atoms with van der Waals surface area (Å²) in [6, 6.07) is 0. The third-order valence-electron chi connectivity index (χ3n) is 4.86. The molecule has 2 fully saturated rings. The molecule has 0 aromatic rings. The van der Waals surface area contributed by atoms with Crippen molar-refractivity contribution in [2.75, 3.05) is 20.3 Å². The molecule has 5 nitrogen and oxygen atoms in total. The first-order valence-corrected chi connectivity index (χ1v) is 7.31. The standard InChI is InChI=1S/C16H20O5/c1-4-20-13(17)6-5-10-11-7-9(2)14-12(10)8-21-16(14,19-3)15(11)18/h5-7,10-12,14H,4,8H2,1-3H3/b6-5+/t10-,11+,12+,14-,16+/m0/s1. The van der Waals surface area contributed by atoms with Crippen LogP contribution in [0.15, 0.2) is 23.8 Å². The maximum atomic E-state index is 12.7. The molecule has 1 heterocycles. The molecule has 1 saturated heterocycles. The van der Waals surface area contributed by atoms with Crippen LogP contribution in [0.25, 0.3) is 0 Å². The summed E-state index contributed by atoms with van der Waals surface area (Å²) in [6.07, 6.45) is 5.23. The summed E-state index contributed by atoms with van der Waals surface area (Å²) in [5.74, 6) is -1.71. The molecule has 4 bridgehead atoms. The van der Waals surface area contributed by atoms with Gasteiger partial charge in [0.1, 0.15) is 0 Å². The first-order chi connectivity index (χ1) is 10.0. The molecule has 1 saturated carbocycles. The van der Waals surface area contributed by atoms with Gasteiger partial charge in [-0.2, -0.15) is 0 Å². The molecular weight excluding hydrogens is 272 g/mol. The molecule has 1 aliphatic heterocycles. The third kappa shape index (κ3) is 1.91. The van der Waals surface area contributed by atoms with E-state index in [0.29, 0.717) is 13.2 Å². The van der Waals surface area contributed by atoms with Gasteiger partial charge in [0, 0.05) is 30.9 Å². The predicted octanol–water partition coefficient (Wildman–Crippen LogP) is 1.49. The van der Waals surface area contributed by atoms with Gasteiger partial charge in [-0.25, -0.2) is 4.79 Å². The Balaban J connectivity index is 1.91. The van der Waals surface area contributed by atoms with Gasteiger partial charge in [0.25, 0.3) is 0 Å². The molecule has 0 spiro atoms. The van der Waals surface area contributed by atoms with Crippen molar-refractivity contribution in [3.05, 3.63) is 23.8 Å². The summed E-state index contributed by atoms with van der Waals surface area (Å²) in [7, 11) is 1.53. The van der Waals surface area contributed by atoms with Gasteiger partial charge in [-0.05, 0) is 19.8 Å². The first-order valence-electron chi connectivity index (χ1n) is 7.31. The fourth-order valence-corrected chi connectivity index (χ4v) is 4.06. The number of carbonyl (C=O) groups is 2. The number of Topliss-reactive ketones (excluding diaryl/α,β-unsaturated/α-hetero) is 1. The molecule has 0 N–H and O–H groups in total. The summed E-state index contributed by atoms with van der Waals surface area (Å²) in [6.45, 7) is 4.60. The third-order valence-corrected chi connectivity index (χ3v) is 4.86. The van der Waals surface area contributed by atoms with Crippen molar-refractivity contribution in [1.29, 1.82) is 0 Å². The van der Waals surface area contributed by atoms with Crippen LogP contribution in [-0.2, 0) is 23.8 Å². The smallest absolute Gasteiger partial charge is 0.330 e. The first kappa shape index (κ1) is 14.5. The van der Waals surface area contributed by atoms with Gasteiger partial charge in [0.15, 0.2) is 5.78 Å². The Kier molecular flexibility index (Phi) is 3.50. The topological polar surface area (TPSA) is 61.8 Å². The minimum Gasteiger partial charge on any atom is -0.463 e. The zero-order valence-electron chi connectivity index (χ0n) is 12.5. The molecule has 3 aliphatic carbocycles. The lowest BCUT2D eigenvalue weighted by atomic mass is 9.58. The van der Waals surface area contributed by atoms with Crippen LogP contribution < -0.4 is 0 Å². The van der Waals surface area contributed by atoms with Crippen LogP contribution in [0.4, 0.5) is 0 Å². The van der Waals surface area contributed by atoms with Crippen molar-refractivity contribution in [3.8, 4) is 0 Å². The number of ether oxygens (including phenoxy) is 3.